The molecule has 0 amide bonds. The van der Waals surface area contributed by atoms with E-state index in [1.54, 1.807) is 6.92 Å². The number of hydrogen-bond acceptors (Lipinski definition) is 4. The molecule has 0 saturated heterocycles. The summed E-state index contributed by atoms with van der Waals surface area (Å²) in [7, 11) is -3.65. The van der Waals surface area contributed by atoms with Crippen LogP contribution in [0, 0.1) is 6.92 Å². The van der Waals surface area contributed by atoms with Crippen LogP contribution in [-0.2, 0) is 29.6 Å². The molecule has 1 heterocycles. The molecule has 6 heteroatoms. The molecule has 0 aliphatic heterocycles. The number of hydrogen-bond donors (Lipinski definition) is 2. The summed E-state index contributed by atoms with van der Waals surface area (Å²) in [6, 6.07) is 9.12. The van der Waals surface area contributed by atoms with Crippen molar-refractivity contribution in [1.29, 1.82) is 0 Å². The number of aliphatic hydroxyl groups is 1. The highest BCUT2D eigenvalue weighted by Gasteiger charge is 2.20. The molecule has 0 bridgehead atoms. The Labute approximate surface area is 124 Å². The molecule has 1 aromatic carbocycles. The summed E-state index contributed by atoms with van der Waals surface area (Å²) in [5, 5.41) is 8.99. The first-order chi connectivity index (χ1) is 9.96. The molecule has 0 aliphatic carbocycles. The van der Waals surface area contributed by atoms with E-state index < -0.39 is 10.0 Å². The molecular formula is C15H19NO4S. The quantitative estimate of drug-likeness (QED) is 0.856. The predicted octanol–water partition coefficient (Wildman–Crippen LogP) is 2.12. The third-order valence-corrected chi connectivity index (χ3v) is 4.77. The van der Waals surface area contributed by atoms with Gasteiger partial charge in [0, 0.05) is 12.6 Å². The summed E-state index contributed by atoms with van der Waals surface area (Å²) in [5.74, 6) is 0.507. The van der Waals surface area contributed by atoms with Crippen LogP contribution in [0.5, 0.6) is 0 Å². The lowest BCUT2D eigenvalue weighted by atomic mass is 10.1. The van der Waals surface area contributed by atoms with Gasteiger partial charge in [-0.15, -0.1) is 0 Å². The van der Waals surface area contributed by atoms with E-state index in [1.807, 2.05) is 24.3 Å². The Kier molecular flexibility index (Phi) is 4.82. The van der Waals surface area contributed by atoms with Gasteiger partial charge in [-0.25, -0.2) is 13.1 Å². The van der Waals surface area contributed by atoms with Gasteiger partial charge >= 0.3 is 0 Å². The van der Waals surface area contributed by atoms with Gasteiger partial charge in [-0.1, -0.05) is 31.2 Å². The van der Waals surface area contributed by atoms with Crippen molar-refractivity contribution in [3.63, 3.8) is 0 Å². The zero-order chi connectivity index (χ0) is 15.5. The molecular weight excluding hydrogens is 290 g/mol. The third-order valence-electron chi connectivity index (χ3n) is 3.27. The molecule has 5 nitrogen and oxygen atoms in total. The molecule has 0 fully saturated rings. The van der Waals surface area contributed by atoms with Gasteiger partial charge in [0.15, 0.2) is 0 Å². The molecule has 21 heavy (non-hydrogen) atoms. The van der Waals surface area contributed by atoms with Crippen molar-refractivity contribution in [2.45, 2.75) is 38.3 Å². The van der Waals surface area contributed by atoms with Crippen LogP contribution < -0.4 is 4.72 Å². The minimum atomic E-state index is -3.65. The minimum absolute atomic E-state index is 0.0664. The van der Waals surface area contributed by atoms with Gasteiger partial charge in [-0.05, 0) is 24.5 Å². The Balaban J connectivity index is 2.11. The van der Waals surface area contributed by atoms with Crippen LogP contribution in [0.1, 0.15) is 29.6 Å². The number of aryl methyl sites for hydroxylation is 2. The van der Waals surface area contributed by atoms with Crippen LogP contribution in [0.15, 0.2) is 39.6 Å². The normalized spacial score (nSPS) is 11.8. The molecule has 2 rings (SSSR count). The van der Waals surface area contributed by atoms with Crippen molar-refractivity contribution in [1.82, 2.24) is 4.72 Å². The Bertz CT molecular complexity index is 702. The van der Waals surface area contributed by atoms with E-state index in [2.05, 4.69) is 11.6 Å². The minimum Gasteiger partial charge on any atom is -0.462 e. The van der Waals surface area contributed by atoms with Crippen molar-refractivity contribution in [2.24, 2.45) is 0 Å². The summed E-state index contributed by atoms with van der Waals surface area (Å²) in [4.78, 5) is 0.0664. The molecule has 0 unspecified atom stereocenters. The van der Waals surface area contributed by atoms with Crippen LogP contribution in [0.2, 0.25) is 0 Å². The van der Waals surface area contributed by atoms with E-state index in [0.717, 1.165) is 12.0 Å². The van der Waals surface area contributed by atoms with Gasteiger partial charge in [-0.2, -0.15) is 0 Å². The van der Waals surface area contributed by atoms with Gasteiger partial charge in [0.2, 0.25) is 10.0 Å². The molecule has 0 radical (unpaired) electrons. The fourth-order valence-corrected chi connectivity index (χ4v) is 3.24. The van der Waals surface area contributed by atoms with Gasteiger partial charge in [-0.3, -0.25) is 0 Å². The number of nitrogens with one attached hydrogen (secondary N) is 1. The Morgan fingerprint density at radius 1 is 1.19 bits per heavy atom. The summed E-state index contributed by atoms with van der Waals surface area (Å²) in [6.07, 6.45) is 0.949. The second kappa shape index (κ2) is 6.43. The van der Waals surface area contributed by atoms with Crippen molar-refractivity contribution >= 4 is 10.0 Å². The Hall–Kier alpha value is -1.63. The maximum atomic E-state index is 12.2. The fraction of sp³-hybridized carbons (Fsp3) is 0.333. The first-order valence-electron chi connectivity index (χ1n) is 6.74. The molecule has 0 saturated carbocycles. The average molecular weight is 309 g/mol. The highest BCUT2D eigenvalue weighted by molar-refractivity contribution is 7.89. The lowest BCUT2D eigenvalue weighted by molar-refractivity contribution is 0.244. The number of rotatable bonds is 6. The maximum absolute atomic E-state index is 12.2. The van der Waals surface area contributed by atoms with E-state index in [9.17, 15) is 8.42 Å². The summed E-state index contributed by atoms with van der Waals surface area (Å²) >= 11 is 0. The second-order valence-corrected chi connectivity index (χ2v) is 6.52. The Morgan fingerprint density at radius 3 is 2.33 bits per heavy atom. The first kappa shape index (κ1) is 15.8. The smallest absolute Gasteiger partial charge is 0.244 e. The van der Waals surface area contributed by atoms with Crippen molar-refractivity contribution < 1.29 is 17.9 Å². The lowest BCUT2D eigenvalue weighted by Crippen LogP contribution is -2.23. The average Bonchev–Trinajstić information content (AvgIpc) is 2.88. The number of furan rings is 1. The SMILES string of the molecule is CCc1ccc(CNS(=O)(=O)c2cc(CO)oc2C)cc1. The molecule has 0 aliphatic rings. The first-order valence-corrected chi connectivity index (χ1v) is 8.22. The standard InChI is InChI=1S/C15H19NO4S/c1-3-12-4-6-13(7-5-12)9-16-21(18,19)15-8-14(10-17)20-11(15)2/h4-8,16-17H,3,9-10H2,1-2H3. The number of sulfonamides is 1. The molecule has 0 atom stereocenters. The molecule has 2 N–H and O–H groups in total. The monoisotopic (exact) mass is 309 g/mol. The highest BCUT2D eigenvalue weighted by atomic mass is 32.2. The fourth-order valence-electron chi connectivity index (χ4n) is 2.02. The highest BCUT2D eigenvalue weighted by Crippen LogP contribution is 2.20. The van der Waals surface area contributed by atoms with Crippen LogP contribution in [0.3, 0.4) is 0 Å². The van der Waals surface area contributed by atoms with Crippen molar-refractivity contribution in [3.8, 4) is 0 Å². The van der Waals surface area contributed by atoms with E-state index in [0.29, 0.717) is 0 Å². The van der Waals surface area contributed by atoms with Crippen LogP contribution >= 0.6 is 0 Å². The zero-order valence-corrected chi connectivity index (χ0v) is 12.9. The molecule has 0 spiro atoms. The topological polar surface area (TPSA) is 79.5 Å². The second-order valence-electron chi connectivity index (χ2n) is 4.79. The Morgan fingerprint density at radius 2 is 1.81 bits per heavy atom. The van der Waals surface area contributed by atoms with Gasteiger partial charge in [0.05, 0.1) is 0 Å². The zero-order valence-electron chi connectivity index (χ0n) is 12.1. The van der Waals surface area contributed by atoms with Gasteiger partial charge < -0.3 is 9.52 Å². The summed E-state index contributed by atoms with van der Waals surface area (Å²) < 4.78 is 32.2. The van der Waals surface area contributed by atoms with E-state index in [4.69, 9.17) is 9.52 Å². The molecule has 2 aromatic rings. The van der Waals surface area contributed by atoms with Crippen molar-refractivity contribution in [2.75, 3.05) is 0 Å². The van der Waals surface area contributed by atoms with Crippen LogP contribution in [0.4, 0.5) is 0 Å². The summed E-state index contributed by atoms with van der Waals surface area (Å²) in [5.41, 5.74) is 2.10. The summed E-state index contributed by atoms with van der Waals surface area (Å²) in [6.45, 7) is 3.52. The molecule has 114 valence electrons. The molecule has 1 aromatic heterocycles. The van der Waals surface area contributed by atoms with Crippen LogP contribution in [-0.4, -0.2) is 13.5 Å². The predicted molar refractivity (Wildman–Crippen MR) is 79.2 cm³/mol. The van der Waals surface area contributed by atoms with Gasteiger partial charge in [0.25, 0.3) is 0 Å². The van der Waals surface area contributed by atoms with E-state index in [-0.39, 0.29) is 29.6 Å². The maximum Gasteiger partial charge on any atom is 0.244 e. The largest absolute Gasteiger partial charge is 0.462 e. The third kappa shape index (κ3) is 3.72. The number of aliphatic hydroxyl groups excluding tert-OH is 1. The van der Waals surface area contributed by atoms with Gasteiger partial charge in [0.1, 0.15) is 23.0 Å². The lowest BCUT2D eigenvalue weighted by Gasteiger charge is -2.06. The number of benzene rings is 1. The van der Waals surface area contributed by atoms with Crippen LogP contribution in [0.25, 0.3) is 0 Å². The van der Waals surface area contributed by atoms with Crippen molar-refractivity contribution in [3.05, 3.63) is 53.0 Å². The van der Waals surface area contributed by atoms with E-state index in [1.165, 1.54) is 11.6 Å². The van der Waals surface area contributed by atoms with E-state index >= 15 is 0 Å².